The quantitative estimate of drug-likeness (QED) is 0.890. The van der Waals surface area contributed by atoms with Crippen molar-refractivity contribution in [3.63, 3.8) is 0 Å². The van der Waals surface area contributed by atoms with Gasteiger partial charge in [0.1, 0.15) is 5.82 Å². The van der Waals surface area contributed by atoms with Crippen molar-refractivity contribution in [2.75, 3.05) is 6.26 Å². The number of benzene rings is 1. The Bertz CT molecular complexity index is 490. The molecule has 0 saturated heterocycles. The molecule has 0 bridgehead atoms. The zero-order chi connectivity index (χ0) is 14.4. The van der Waals surface area contributed by atoms with Crippen molar-refractivity contribution in [1.29, 1.82) is 0 Å². The number of hydrogen-bond donors (Lipinski definition) is 2. The van der Waals surface area contributed by atoms with E-state index >= 15 is 0 Å². The molecule has 0 fully saturated rings. The predicted molar refractivity (Wildman–Crippen MR) is 72.7 cm³/mol. The Morgan fingerprint density at radius 3 is 2.47 bits per heavy atom. The number of imide groups is 1. The van der Waals surface area contributed by atoms with Crippen LogP contribution in [0, 0.1) is 5.82 Å². The molecule has 0 atom stereocenters. The number of hydrogen-bond acceptors (Lipinski definition) is 3. The van der Waals surface area contributed by atoms with Crippen molar-refractivity contribution in [1.82, 2.24) is 10.2 Å². The molecule has 0 aromatic heterocycles. The van der Waals surface area contributed by atoms with Gasteiger partial charge in [0.05, 0.1) is 11.6 Å². The first-order valence-electron chi connectivity index (χ1n) is 5.29. The Balaban J connectivity index is 2.78. The largest absolute Gasteiger partial charge is 0.351 e. The van der Waals surface area contributed by atoms with Crippen LogP contribution in [0.15, 0.2) is 35.9 Å². The van der Waals surface area contributed by atoms with Crippen molar-refractivity contribution >= 4 is 23.8 Å². The van der Waals surface area contributed by atoms with Gasteiger partial charge in [0.2, 0.25) is 0 Å². The van der Waals surface area contributed by atoms with E-state index in [2.05, 4.69) is 11.9 Å². The number of thioether (sulfide) groups is 1. The molecule has 0 aliphatic heterocycles. The summed E-state index contributed by atoms with van der Waals surface area (Å²) in [6.07, 6.45) is 1.73. The molecule has 5 nitrogen and oxygen atoms in total. The highest BCUT2D eigenvalue weighted by Gasteiger charge is 2.19. The van der Waals surface area contributed by atoms with Gasteiger partial charge in [-0.05, 0) is 24.0 Å². The van der Waals surface area contributed by atoms with E-state index in [4.69, 9.17) is 5.73 Å². The van der Waals surface area contributed by atoms with E-state index in [1.165, 1.54) is 36.0 Å². The molecule has 0 unspecified atom stereocenters. The number of carbonyl (C=O) groups excluding carboxylic acids is 2. The highest BCUT2D eigenvalue weighted by Crippen LogP contribution is 2.09. The Hall–Kier alpha value is -2.02. The van der Waals surface area contributed by atoms with Crippen molar-refractivity contribution in [2.45, 2.75) is 6.54 Å². The molecule has 1 rings (SSSR count). The number of nitrogens with zero attached hydrogens (tertiary/aromatic N) is 1. The maximum Gasteiger partial charge on any atom is 0.330 e. The van der Waals surface area contributed by atoms with Gasteiger partial charge in [0, 0.05) is 0 Å². The lowest BCUT2D eigenvalue weighted by molar-refractivity contribution is 0.191. The molecule has 0 saturated carbocycles. The van der Waals surface area contributed by atoms with Crippen LogP contribution in [0.4, 0.5) is 14.0 Å². The van der Waals surface area contributed by atoms with Gasteiger partial charge < -0.3 is 11.1 Å². The van der Waals surface area contributed by atoms with Crippen molar-refractivity contribution in [3.05, 3.63) is 47.3 Å². The molecule has 7 heteroatoms. The average Bonchev–Trinajstić information content (AvgIpc) is 2.37. The molecule has 0 spiro atoms. The Kier molecular flexibility index (Phi) is 5.37. The van der Waals surface area contributed by atoms with Crippen molar-refractivity contribution in [2.24, 2.45) is 5.73 Å². The lowest BCUT2D eigenvalue weighted by Gasteiger charge is -2.19. The van der Waals surface area contributed by atoms with E-state index in [-0.39, 0.29) is 6.54 Å². The van der Waals surface area contributed by atoms with Crippen LogP contribution in [0.3, 0.4) is 0 Å². The first kappa shape index (κ1) is 15.0. The van der Waals surface area contributed by atoms with Gasteiger partial charge in [0.15, 0.2) is 0 Å². The van der Waals surface area contributed by atoms with Crippen LogP contribution in [-0.4, -0.2) is 23.2 Å². The third-order valence-electron chi connectivity index (χ3n) is 2.26. The van der Waals surface area contributed by atoms with Crippen LogP contribution in [-0.2, 0) is 6.54 Å². The zero-order valence-electron chi connectivity index (χ0n) is 10.4. The van der Waals surface area contributed by atoms with Crippen LogP contribution in [0.25, 0.3) is 0 Å². The fourth-order valence-corrected chi connectivity index (χ4v) is 1.45. The molecular formula is C12H14FN3O2S. The standard InChI is InChI=1S/C12H14FN3O2S/c1-8(19-2)15-12(18)16(11(14)17)7-9-3-5-10(13)6-4-9/h3-6H,1,7H2,2H3,(H2,14,17)(H,15,18). The molecule has 0 aliphatic rings. The molecule has 3 N–H and O–H groups in total. The van der Waals surface area contributed by atoms with Gasteiger partial charge in [-0.25, -0.2) is 18.9 Å². The fourth-order valence-electron chi connectivity index (χ4n) is 1.26. The first-order chi connectivity index (χ1) is 8.93. The summed E-state index contributed by atoms with van der Waals surface area (Å²) in [6, 6.07) is 3.87. The van der Waals surface area contributed by atoms with Gasteiger partial charge >= 0.3 is 12.1 Å². The Labute approximate surface area is 114 Å². The van der Waals surface area contributed by atoms with Gasteiger partial charge in [0.25, 0.3) is 0 Å². The van der Waals surface area contributed by atoms with Crippen molar-refractivity contribution in [3.8, 4) is 0 Å². The zero-order valence-corrected chi connectivity index (χ0v) is 11.2. The normalized spacial score (nSPS) is 9.79. The summed E-state index contributed by atoms with van der Waals surface area (Å²) < 4.78 is 12.8. The lowest BCUT2D eigenvalue weighted by Crippen LogP contribution is -2.45. The van der Waals surface area contributed by atoms with Crippen LogP contribution in [0.2, 0.25) is 0 Å². The van der Waals surface area contributed by atoms with E-state index in [0.717, 1.165) is 4.90 Å². The summed E-state index contributed by atoms with van der Waals surface area (Å²) in [6.45, 7) is 3.54. The van der Waals surface area contributed by atoms with Crippen LogP contribution < -0.4 is 11.1 Å². The summed E-state index contributed by atoms with van der Waals surface area (Å²) in [7, 11) is 0. The first-order valence-corrected chi connectivity index (χ1v) is 6.51. The minimum atomic E-state index is -0.893. The van der Waals surface area contributed by atoms with E-state index in [0.29, 0.717) is 10.6 Å². The van der Waals surface area contributed by atoms with Crippen molar-refractivity contribution < 1.29 is 14.0 Å². The number of amides is 4. The number of halogens is 1. The molecule has 1 aromatic rings. The number of nitrogens with two attached hydrogens (primary N) is 1. The molecule has 1 aromatic carbocycles. The van der Waals surface area contributed by atoms with Crippen LogP contribution >= 0.6 is 11.8 Å². The molecule has 19 heavy (non-hydrogen) atoms. The Morgan fingerprint density at radius 1 is 1.42 bits per heavy atom. The minimum Gasteiger partial charge on any atom is -0.351 e. The summed E-state index contributed by atoms with van der Waals surface area (Å²) in [4.78, 5) is 23.9. The molecular weight excluding hydrogens is 269 g/mol. The van der Waals surface area contributed by atoms with E-state index < -0.39 is 17.9 Å². The molecule has 0 radical (unpaired) electrons. The monoisotopic (exact) mass is 283 g/mol. The third-order valence-corrected chi connectivity index (χ3v) is 2.85. The summed E-state index contributed by atoms with van der Waals surface area (Å²) in [5, 5.41) is 2.82. The minimum absolute atomic E-state index is 0.0386. The van der Waals surface area contributed by atoms with E-state index in [1.807, 2.05) is 0 Å². The highest BCUT2D eigenvalue weighted by atomic mass is 32.2. The summed E-state index contributed by atoms with van der Waals surface area (Å²) in [5.74, 6) is -0.394. The molecule has 0 heterocycles. The number of primary amides is 1. The number of nitrogens with one attached hydrogen (secondary N) is 1. The predicted octanol–water partition coefficient (Wildman–Crippen LogP) is 2.25. The maximum atomic E-state index is 12.8. The number of rotatable bonds is 4. The highest BCUT2D eigenvalue weighted by molar-refractivity contribution is 8.02. The summed E-state index contributed by atoms with van der Waals surface area (Å²) >= 11 is 1.24. The SMILES string of the molecule is C=C(NC(=O)N(Cc1ccc(F)cc1)C(N)=O)SC. The maximum absolute atomic E-state index is 12.8. The van der Waals surface area contributed by atoms with Crippen LogP contribution in [0.5, 0.6) is 0 Å². The molecule has 0 aliphatic carbocycles. The second kappa shape index (κ2) is 6.79. The Morgan fingerprint density at radius 2 is 2.00 bits per heavy atom. The number of urea groups is 2. The lowest BCUT2D eigenvalue weighted by atomic mass is 10.2. The molecule has 102 valence electrons. The second-order valence-electron chi connectivity index (χ2n) is 3.61. The van der Waals surface area contributed by atoms with Gasteiger partial charge in [-0.1, -0.05) is 18.7 Å². The molecule has 4 amide bonds. The summed E-state index contributed by atoms with van der Waals surface area (Å²) in [5.41, 5.74) is 5.74. The fraction of sp³-hybridized carbons (Fsp3) is 0.167. The smallest absolute Gasteiger partial charge is 0.330 e. The van der Waals surface area contributed by atoms with Gasteiger partial charge in [-0.15, -0.1) is 11.8 Å². The van der Waals surface area contributed by atoms with Gasteiger partial charge in [-0.2, -0.15) is 0 Å². The number of carbonyl (C=O) groups is 2. The van der Waals surface area contributed by atoms with Crippen LogP contribution in [0.1, 0.15) is 5.56 Å². The topological polar surface area (TPSA) is 75.4 Å². The van der Waals surface area contributed by atoms with E-state index in [1.54, 1.807) is 6.26 Å². The average molecular weight is 283 g/mol. The second-order valence-corrected chi connectivity index (χ2v) is 4.51. The van der Waals surface area contributed by atoms with E-state index in [9.17, 15) is 14.0 Å². The van der Waals surface area contributed by atoms with Gasteiger partial charge in [-0.3, -0.25) is 0 Å². The third kappa shape index (κ3) is 4.63.